The van der Waals surface area contributed by atoms with Crippen LogP contribution in [0.2, 0.25) is 0 Å². The smallest absolute Gasteiger partial charge is 0.370 e. The first kappa shape index (κ1) is 15.6. The molecule has 108 valence electrons. The lowest BCUT2D eigenvalue weighted by molar-refractivity contribution is -0.147. The number of methoxy groups -OCH3 is 1. The summed E-state index contributed by atoms with van der Waals surface area (Å²) in [7, 11) is 1.52. The fraction of sp³-hybridized carbons (Fsp3) is 0.636. The van der Waals surface area contributed by atoms with Gasteiger partial charge in [-0.05, 0) is 13.0 Å². The maximum absolute atomic E-state index is 12.7. The number of ether oxygens (including phenoxy) is 1. The van der Waals surface area contributed by atoms with Gasteiger partial charge in [-0.25, -0.2) is 4.98 Å². The summed E-state index contributed by atoms with van der Waals surface area (Å²) in [5.41, 5.74) is -0.169. The van der Waals surface area contributed by atoms with Crippen LogP contribution in [0.15, 0.2) is 6.20 Å². The summed E-state index contributed by atoms with van der Waals surface area (Å²) in [4.78, 5) is 14.4. The van der Waals surface area contributed by atoms with Gasteiger partial charge in [0.15, 0.2) is 5.78 Å². The van der Waals surface area contributed by atoms with Crippen molar-refractivity contribution in [2.45, 2.75) is 26.1 Å². The lowest BCUT2D eigenvalue weighted by atomic mass is 10.3. The van der Waals surface area contributed by atoms with E-state index in [1.54, 1.807) is 0 Å². The van der Waals surface area contributed by atoms with E-state index < -0.39 is 17.8 Å². The maximum Gasteiger partial charge on any atom is 0.449 e. The zero-order chi connectivity index (χ0) is 14.5. The molecule has 5 nitrogen and oxygen atoms in total. The summed E-state index contributed by atoms with van der Waals surface area (Å²) in [6.07, 6.45) is -2.95. The Balaban J connectivity index is 2.72. The van der Waals surface area contributed by atoms with Crippen LogP contribution in [0.4, 0.5) is 13.2 Å². The highest BCUT2D eigenvalue weighted by molar-refractivity contribution is 5.91. The molecule has 1 aromatic rings. The first-order valence-electron chi connectivity index (χ1n) is 5.71. The Kier molecular flexibility index (Phi) is 5.49. The monoisotopic (exact) mass is 279 g/mol. The van der Waals surface area contributed by atoms with Crippen LogP contribution in [0.1, 0.15) is 29.7 Å². The summed E-state index contributed by atoms with van der Waals surface area (Å²) < 4.78 is 43.9. The molecule has 1 rings (SSSR count). The summed E-state index contributed by atoms with van der Waals surface area (Å²) in [5, 5.41) is 2.89. The van der Waals surface area contributed by atoms with Gasteiger partial charge in [0.2, 0.25) is 5.82 Å². The number of aryl methyl sites for hydroxylation is 1. The minimum absolute atomic E-state index is 0.131. The summed E-state index contributed by atoms with van der Waals surface area (Å²) in [6, 6.07) is 0. The number of carbonyl (C=O) groups excluding carboxylic acids is 1. The molecule has 0 aliphatic rings. The Labute approximate surface area is 108 Å². The van der Waals surface area contributed by atoms with Gasteiger partial charge in [0.05, 0.1) is 6.73 Å². The predicted octanol–water partition coefficient (Wildman–Crippen LogP) is 1.69. The Morgan fingerprint density at radius 2 is 2.21 bits per heavy atom. The molecule has 0 unspecified atom stereocenters. The van der Waals surface area contributed by atoms with Crippen LogP contribution < -0.4 is 5.32 Å². The van der Waals surface area contributed by atoms with Gasteiger partial charge in [-0.2, -0.15) is 13.2 Å². The van der Waals surface area contributed by atoms with Crippen LogP contribution in [0.5, 0.6) is 0 Å². The number of alkyl halides is 3. The average molecular weight is 279 g/mol. The van der Waals surface area contributed by atoms with E-state index in [-0.39, 0.29) is 12.2 Å². The summed E-state index contributed by atoms with van der Waals surface area (Å²) in [6.45, 7) is 2.17. The predicted molar refractivity (Wildman–Crippen MR) is 61.7 cm³/mol. The van der Waals surface area contributed by atoms with Crippen LogP contribution >= 0.6 is 0 Å². The number of hydrogen-bond donors (Lipinski definition) is 1. The molecule has 0 saturated carbocycles. The number of halogens is 3. The van der Waals surface area contributed by atoms with Gasteiger partial charge in [0.1, 0.15) is 5.69 Å². The van der Waals surface area contributed by atoms with Crippen LogP contribution in [0, 0.1) is 0 Å². The molecule has 0 aromatic carbocycles. The molecule has 0 amide bonds. The van der Waals surface area contributed by atoms with Crippen LogP contribution in [-0.4, -0.2) is 35.7 Å². The van der Waals surface area contributed by atoms with Crippen molar-refractivity contribution in [2.24, 2.45) is 0 Å². The lowest BCUT2D eigenvalue weighted by Gasteiger charge is -2.10. The topological polar surface area (TPSA) is 56.1 Å². The second-order valence-corrected chi connectivity index (χ2v) is 3.98. The zero-order valence-corrected chi connectivity index (χ0v) is 10.8. The van der Waals surface area contributed by atoms with E-state index >= 15 is 0 Å². The number of hydrogen-bond acceptors (Lipinski definition) is 4. The van der Waals surface area contributed by atoms with Gasteiger partial charge in [-0.15, -0.1) is 0 Å². The van der Waals surface area contributed by atoms with Crippen molar-refractivity contribution in [3.8, 4) is 0 Å². The molecule has 0 bridgehead atoms. The zero-order valence-electron chi connectivity index (χ0n) is 10.8. The fourth-order valence-electron chi connectivity index (χ4n) is 1.53. The first-order valence-corrected chi connectivity index (χ1v) is 5.71. The van der Waals surface area contributed by atoms with Crippen molar-refractivity contribution in [3.63, 3.8) is 0 Å². The van der Waals surface area contributed by atoms with E-state index in [1.807, 2.05) is 0 Å². The van der Waals surface area contributed by atoms with Crippen molar-refractivity contribution in [3.05, 3.63) is 17.7 Å². The minimum atomic E-state index is -4.56. The van der Waals surface area contributed by atoms with Gasteiger partial charge in [0, 0.05) is 26.8 Å². The Morgan fingerprint density at radius 3 is 2.74 bits per heavy atom. The summed E-state index contributed by atoms with van der Waals surface area (Å²) >= 11 is 0. The van der Waals surface area contributed by atoms with E-state index in [0.29, 0.717) is 19.7 Å². The highest BCUT2D eigenvalue weighted by Crippen LogP contribution is 2.28. The second kappa shape index (κ2) is 6.67. The number of nitrogens with zero attached hydrogens (tertiary/aromatic N) is 2. The Bertz CT molecular complexity index is 429. The molecule has 19 heavy (non-hydrogen) atoms. The largest absolute Gasteiger partial charge is 0.449 e. The van der Waals surface area contributed by atoms with Crippen molar-refractivity contribution in [2.75, 3.05) is 20.4 Å². The highest BCUT2D eigenvalue weighted by Gasteiger charge is 2.37. The van der Waals surface area contributed by atoms with E-state index in [1.165, 1.54) is 14.0 Å². The molecular formula is C11H16F3N3O2. The number of ketones is 1. The summed E-state index contributed by atoms with van der Waals surface area (Å²) in [5.74, 6) is -1.52. The van der Waals surface area contributed by atoms with E-state index in [4.69, 9.17) is 4.74 Å². The lowest BCUT2D eigenvalue weighted by Crippen LogP contribution is -2.21. The van der Waals surface area contributed by atoms with Crippen LogP contribution in [-0.2, 0) is 17.5 Å². The van der Waals surface area contributed by atoms with Crippen molar-refractivity contribution in [1.82, 2.24) is 14.9 Å². The number of Topliss-reactive ketones (excluding diaryl/α,β-unsaturated/α-hetero) is 1. The number of nitrogens with one attached hydrogen (secondary N) is 1. The molecule has 8 heteroatoms. The Morgan fingerprint density at radius 1 is 1.53 bits per heavy atom. The average Bonchev–Trinajstić information content (AvgIpc) is 2.73. The van der Waals surface area contributed by atoms with E-state index in [9.17, 15) is 18.0 Å². The van der Waals surface area contributed by atoms with Gasteiger partial charge in [-0.1, -0.05) is 0 Å². The molecule has 0 saturated heterocycles. The van der Waals surface area contributed by atoms with Gasteiger partial charge in [-0.3, -0.25) is 10.1 Å². The molecule has 0 atom stereocenters. The third-order valence-corrected chi connectivity index (χ3v) is 2.39. The molecule has 0 spiro atoms. The quantitative estimate of drug-likeness (QED) is 0.469. The number of aromatic nitrogens is 2. The number of carbonyl (C=O) groups is 1. The van der Waals surface area contributed by atoms with E-state index in [0.717, 1.165) is 10.8 Å². The van der Waals surface area contributed by atoms with Crippen LogP contribution in [0.25, 0.3) is 0 Å². The SMILES string of the molecule is COCNCCCn1cc(C(C)=O)nc1C(F)(F)F. The van der Waals surface area contributed by atoms with Crippen molar-refractivity contribution in [1.29, 1.82) is 0 Å². The molecule has 0 radical (unpaired) electrons. The molecular weight excluding hydrogens is 263 g/mol. The van der Waals surface area contributed by atoms with E-state index in [2.05, 4.69) is 10.3 Å². The molecule has 1 heterocycles. The molecule has 1 aromatic heterocycles. The van der Waals surface area contributed by atoms with Crippen molar-refractivity contribution < 1.29 is 22.7 Å². The second-order valence-electron chi connectivity index (χ2n) is 3.98. The molecule has 1 N–H and O–H groups in total. The maximum atomic E-state index is 12.7. The standard InChI is InChI=1S/C11H16F3N3O2/c1-8(18)9-6-17(5-3-4-15-7-19-2)10(16-9)11(12,13)14/h6,15H,3-5,7H2,1-2H3. The van der Waals surface area contributed by atoms with Gasteiger partial charge >= 0.3 is 6.18 Å². The van der Waals surface area contributed by atoms with Crippen LogP contribution in [0.3, 0.4) is 0 Å². The van der Waals surface area contributed by atoms with Crippen molar-refractivity contribution >= 4 is 5.78 Å². The first-order chi connectivity index (χ1) is 8.86. The fourth-order valence-corrected chi connectivity index (χ4v) is 1.53. The third-order valence-electron chi connectivity index (χ3n) is 2.39. The molecule has 0 aliphatic heterocycles. The minimum Gasteiger partial charge on any atom is -0.370 e. The number of imidazole rings is 1. The van der Waals surface area contributed by atoms with Gasteiger partial charge in [0.25, 0.3) is 0 Å². The molecule has 0 aliphatic carbocycles. The third kappa shape index (κ3) is 4.64. The molecule has 0 fully saturated rings. The normalized spacial score (nSPS) is 11.8. The highest BCUT2D eigenvalue weighted by atomic mass is 19.4. The Hall–Kier alpha value is -1.41. The van der Waals surface area contributed by atoms with Gasteiger partial charge < -0.3 is 9.30 Å². The number of rotatable bonds is 7.